The summed E-state index contributed by atoms with van der Waals surface area (Å²) in [5.74, 6) is -0.864. The summed E-state index contributed by atoms with van der Waals surface area (Å²) in [5, 5.41) is 16.7. The van der Waals surface area contributed by atoms with Crippen LogP contribution in [-0.2, 0) is 4.79 Å². The van der Waals surface area contributed by atoms with E-state index in [9.17, 15) is 14.9 Å². The first kappa shape index (κ1) is 13.9. The molecule has 8 heteroatoms. The molecule has 1 aliphatic rings. The molecule has 4 rings (SSSR count). The lowest BCUT2D eigenvalue weighted by molar-refractivity contribution is -0.497. The molecule has 2 heterocycles. The molecule has 0 aliphatic heterocycles. The Balaban J connectivity index is 1.53. The number of nitrogens with one attached hydrogen (secondary N) is 2. The van der Waals surface area contributed by atoms with Crippen molar-refractivity contribution in [2.75, 3.05) is 5.32 Å². The van der Waals surface area contributed by atoms with Gasteiger partial charge in [-0.05, 0) is 6.07 Å². The van der Waals surface area contributed by atoms with Crippen molar-refractivity contribution in [3.05, 3.63) is 46.0 Å². The Morgan fingerprint density at radius 3 is 3.04 bits per heavy atom. The lowest BCUT2D eigenvalue weighted by Gasteiger charge is -1.98. The fourth-order valence-corrected chi connectivity index (χ4v) is 3.35. The van der Waals surface area contributed by atoms with Gasteiger partial charge in [-0.1, -0.05) is 18.2 Å². The van der Waals surface area contributed by atoms with Gasteiger partial charge < -0.3 is 10.3 Å². The molecular weight excluding hydrogens is 316 g/mol. The maximum Gasteiger partial charge on any atom is 0.236 e. The number of nitrogens with zero attached hydrogens (tertiary/aromatic N) is 2. The Bertz CT molecular complexity index is 916. The van der Waals surface area contributed by atoms with Crippen LogP contribution in [0.25, 0.3) is 22.2 Å². The highest BCUT2D eigenvalue weighted by molar-refractivity contribution is 7.14. The van der Waals surface area contributed by atoms with Crippen LogP contribution in [0.1, 0.15) is 6.42 Å². The van der Waals surface area contributed by atoms with Gasteiger partial charge in [-0.3, -0.25) is 14.9 Å². The van der Waals surface area contributed by atoms with Crippen molar-refractivity contribution in [3.8, 4) is 11.3 Å². The number of hydrogen-bond acceptors (Lipinski definition) is 5. The normalized spacial score (nSPS) is 19.7. The lowest BCUT2D eigenvalue weighted by atomic mass is 10.1. The maximum atomic E-state index is 11.9. The molecule has 7 nitrogen and oxygen atoms in total. The summed E-state index contributed by atoms with van der Waals surface area (Å²) in [6.45, 7) is 0. The summed E-state index contributed by atoms with van der Waals surface area (Å²) in [4.78, 5) is 29.8. The number of H-pyrrole nitrogens is 1. The van der Waals surface area contributed by atoms with Gasteiger partial charge in [-0.25, -0.2) is 4.98 Å². The minimum Gasteiger partial charge on any atom is -0.360 e. The molecule has 2 aromatic heterocycles. The minimum atomic E-state index is -0.747. The zero-order chi connectivity index (χ0) is 16.0. The Morgan fingerprint density at radius 2 is 2.26 bits per heavy atom. The zero-order valence-electron chi connectivity index (χ0n) is 11.9. The number of aromatic nitrogens is 2. The number of aromatic amines is 1. The van der Waals surface area contributed by atoms with E-state index in [0.717, 1.165) is 22.2 Å². The molecule has 2 N–H and O–H groups in total. The molecule has 0 saturated heterocycles. The number of benzene rings is 1. The number of thiazole rings is 1. The molecule has 0 unspecified atom stereocenters. The molecule has 3 aromatic rings. The second-order valence-corrected chi connectivity index (χ2v) is 6.33. The molecule has 0 radical (unpaired) electrons. The van der Waals surface area contributed by atoms with Gasteiger partial charge in [-0.15, -0.1) is 11.3 Å². The van der Waals surface area contributed by atoms with Gasteiger partial charge in [0.2, 0.25) is 11.9 Å². The number of carbonyl (C=O) groups excluding carboxylic acids is 1. The summed E-state index contributed by atoms with van der Waals surface area (Å²) in [6.07, 6.45) is 2.19. The van der Waals surface area contributed by atoms with Gasteiger partial charge in [0, 0.05) is 39.4 Å². The van der Waals surface area contributed by atoms with E-state index in [1.165, 1.54) is 11.3 Å². The topological polar surface area (TPSA) is 101 Å². The van der Waals surface area contributed by atoms with Crippen molar-refractivity contribution in [2.45, 2.75) is 12.5 Å². The van der Waals surface area contributed by atoms with Gasteiger partial charge in [0.05, 0.1) is 5.69 Å². The van der Waals surface area contributed by atoms with Gasteiger partial charge in [0.15, 0.2) is 5.13 Å². The molecule has 1 aliphatic carbocycles. The van der Waals surface area contributed by atoms with Crippen LogP contribution in [0.15, 0.2) is 35.8 Å². The molecule has 1 amide bonds. The smallest absolute Gasteiger partial charge is 0.236 e. The number of nitro groups is 1. The number of fused-ring (bicyclic) bond motifs is 1. The standard InChI is InChI=1S/C15H12N4O3S/c20-14(9-5-13(9)19(21)22)18-15-17-12(7-23-15)10-6-16-11-4-2-1-3-8(10)11/h1-4,6-7,9,13,16H,5H2,(H,17,18,20)/t9-,13-/m0/s1. The van der Waals surface area contributed by atoms with Gasteiger partial charge in [0.1, 0.15) is 5.92 Å². The molecule has 1 aromatic carbocycles. The number of amides is 1. The molecule has 116 valence electrons. The van der Waals surface area contributed by atoms with Crippen LogP contribution in [0, 0.1) is 16.0 Å². The first-order valence-corrected chi connectivity index (χ1v) is 7.98. The Morgan fingerprint density at radius 1 is 1.43 bits per heavy atom. The van der Waals surface area contributed by atoms with E-state index in [4.69, 9.17) is 0 Å². The first-order valence-electron chi connectivity index (χ1n) is 7.10. The molecule has 0 bridgehead atoms. The highest BCUT2D eigenvalue weighted by Gasteiger charge is 2.53. The third-order valence-corrected chi connectivity index (χ3v) is 4.72. The molecular formula is C15H12N4O3S. The van der Waals surface area contributed by atoms with Crippen LogP contribution in [0.3, 0.4) is 0 Å². The van der Waals surface area contributed by atoms with Crippen molar-refractivity contribution in [1.82, 2.24) is 9.97 Å². The van der Waals surface area contributed by atoms with E-state index in [2.05, 4.69) is 15.3 Å². The molecule has 1 fully saturated rings. The average Bonchev–Trinajstić information content (AvgIpc) is 3.05. The third kappa shape index (κ3) is 2.46. The minimum absolute atomic E-state index is 0.305. The summed E-state index contributed by atoms with van der Waals surface area (Å²) in [6, 6.07) is 7.16. The zero-order valence-corrected chi connectivity index (χ0v) is 12.7. The summed E-state index contributed by atoms with van der Waals surface area (Å²) >= 11 is 1.31. The van der Waals surface area contributed by atoms with Crippen molar-refractivity contribution in [2.24, 2.45) is 5.92 Å². The quantitative estimate of drug-likeness (QED) is 0.568. The second kappa shape index (κ2) is 5.17. The summed E-state index contributed by atoms with van der Waals surface area (Å²) in [5.41, 5.74) is 2.75. The monoisotopic (exact) mass is 328 g/mol. The van der Waals surface area contributed by atoms with E-state index in [1.54, 1.807) is 0 Å². The van der Waals surface area contributed by atoms with Gasteiger partial charge in [-0.2, -0.15) is 0 Å². The van der Waals surface area contributed by atoms with Crippen LogP contribution in [0.2, 0.25) is 0 Å². The highest BCUT2D eigenvalue weighted by atomic mass is 32.1. The van der Waals surface area contributed by atoms with Crippen LogP contribution < -0.4 is 5.32 Å². The van der Waals surface area contributed by atoms with E-state index in [1.807, 2.05) is 35.8 Å². The van der Waals surface area contributed by atoms with E-state index in [-0.39, 0.29) is 5.91 Å². The Labute approximate surface area is 134 Å². The van der Waals surface area contributed by atoms with E-state index >= 15 is 0 Å². The molecule has 2 atom stereocenters. The SMILES string of the molecule is O=C(Nc1nc(-c2c[nH]c3ccccc23)cs1)[C@H]1C[C@@H]1[N+](=O)[O-]. The number of carbonyl (C=O) groups is 1. The van der Waals surface area contributed by atoms with E-state index < -0.39 is 16.9 Å². The van der Waals surface area contributed by atoms with Crippen molar-refractivity contribution in [3.63, 3.8) is 0 Å². The van der Waals surface area contributed by atoms with Crippen LogP contribution in [-0.4, -0.2) is 26.8 Å². The number of rotatable bonds is 4. The summed E-state index contributed by atoms with van der Waals surface area (Å²) in [7, 11) is 0. The first-order chi connectivity index (χ1) is 11.1. The average molecular weight is 328 g/mol. The van der Waals surface area contributed by atoms with Gasteiger partial charge in [0.25, 0.3) is 0 Å². The molecule has 1 saturated carbocycles. The Hall–Kier alpha value is -2.74. The maximum absolute atomic E-state index is 11.9. The summed E-state index contributed by atoms with van der Waals surface area (Å²) < 4.78 is 0. The number of hydrogen-bond donors (Lipinski definition) is 2. The van der Waals surface area contributed by atoms with Crippen molar-refractivity contribution in [1.29, 1.82) is 0 Å². The Kier molecular flexibility index (Phi) is 3.12. The highest BCUT2D eigenvalue weighted by Crippen LogP contribution is 2.35. The van der Waals surface area contributed by atoms with Gasteiger partial charge >= 0.3 is 0 Å². The van der Waals surface area contributed by atoms with Crippen LogP contribution in [0.4, 0.5) is 5.13 Å². The largest absolute Gasteiger partial charge is 0.360 e. The fraction of sp³-hybridized carbons (Fsp3) is 0.200. The lowest BCUT2D eigenvalue weighted by Crippen LogP contribution is -2.18. The number of para-hydroxylation sites is 1. The predicted molar refractivity (Wildman–Crippen MR) is 86.9 cm³/mol. The third-order valence-electron chi connectivity index (χ3n) is 3.96. The number of anilines is 1. The molecule has 0 spiro atoms. The second-order valence-electron chi connectivity index (χ2n) is 5.47. The van der Waals surface area contributed by atoms with Crippen molar-refractivity contribution >= 4 is 33.3 Å². The van der Waals surface area contributed by atoms with Crippen LogP contribution >= 0.6 is 11.3 Å². The fourth-order valence-electron chi connectivity index (χ4n) is 2.63. The molecule has 23 heavy (non-hydrogen) atoms. The van der Waals surface area contributed by atoms with Crippen molar-refractivity contribution < 1.29 is 9.72 Å². The predicted octanol–water partition coefficient (Wildman–Crippen LogP) is 2.90. The van der Waals surface area contributed by atoms with E-state index in [0.29, 0.717) is 11.6 Å². The van der Waals surface area contributed by atoms with Crippen LogP contribution in [0.5, 0.6) is 0 Å².